The van der Waals surface area contributed by atoms with Gasteiger partial charge in [0.05, 0.1) is 17.3 Å². The molecule has 0 saturated heterocycles. The van der Waals surface area contributed by atoms with E-state index in [1.165, 1.54) is 0 Å². The van der Waals surface area contributed by atoms with Crippen LogP contribution in [0.15, 0.2) is 109 Å². The van der Waals surface area contributed by atoms with Crippen LogP contribution in [0.1, 0.15) is 27.0 Å². The number of carbonyl (C=O) groups is 1. The third-order valence-corrected chi connectivity index (χ3v) is 6.33. The molecule has 5 rings (SSSR count). The van der Waals surface area contributed by atoms with Crippen LogP contribution in [0.3, 0.4) is 0 Å². The van der Waals surface area contributed by atoms with Crippen molar-refractivity contribution in [2.75, 3.05) is 18.5 Å². The van der Waals surface area contributed by atoms with Gasteiger partial charge in [0.25, 0.3) is 5.91 Å². The van der Waals surface area contributed by atoms with Crippen LogP contribution in [0.25, 0.3) is 6.08 Å². The second kappa shape index (κ2) is 11.6. The Bertz CT molecular complexity index is 1370. The number of hydrogen-bond donors (Lipinski definition) is 1. The monoisotopic (exact) mass is 490 g/mol. The van der Waals surface area contributed by atoms with E-state index in [-0.39, 0.29) is 11.9 Å². The van der Waals surface area contributed by atoms with Crippen LogP contribution < -0.4 is 19.7 Å². The summed E-state index contributed by atoms with van der Waals surface area (Å²) in [5, 5.41) is 3.21. The number of rotatable bonds is 9. The smallest absolute Gasteiger partial charge is 0.262 e. The van der Waals surface area contributed by atoms with Gasteiger partial charge in [-0.25, -0.2) is 0 Å². The first kappa shape index (κ1) is 24.3. The number of amides is 1. The van der Waals surface area contributed by atoms with E-state index in [0.717, 1.165) is 22.4 Å². The predicted octanol–water partition coefficient (Wildman–Crippen LogP) is 6.11. The number of carbonyl (C=O) groups excluding carboxylic acids is 1. The summed E-state index contributed by atoms with van der Waals surface area (Å²) in [6.45, 7) is 1.41. The number of anilines is 1. The molecule has 0 radical (unpaired) electrons. The van der Waals surface area contributed by atoms with Crippen molar-refractivity contribution in [3.8, 4) is 11.5 Å². The number of fused-ring (bicyclic) bond motifs is 1. The number of nitrogens with zero attached hydrogens (tertiary/aromatic N) is 1. The number of hydrogen-bond acceptors (Lipinski definition) is 4. The zero-order chi connectivity index (χ0) is 25.5. The van der Waals surface area contributed by atoms with Crippen LogP contribution in [0.5, 0.6) is 11.5 Å². The van der Waals surface area contributed by atoms with Gasteiger partial charge in [0, 0.05) is 12.6 Å². The molecule has 0 saturated carbocycles. The molecule has 37 heavy (non-hydrogen) atoms. The Morgan fingerprint density at radius 1 is 0.811 bits per heavy atom. The minimum atomic E-state index is -0.122. The van der Waals surface area contributed by atoms with Gasteiger partial charge in [-0.15, -0.1) is 0 Å². The molecule has 1 aliphatic heterocycles. The van der Waals surface area contributed by atoms with E-state index in [9.17, 15) is 4.79 Å². The Morgan fingerprint density at radius 2 is 1.46 bits per heavy atom. The van der Waals surface area contributed by atoms with Crippen molar-refractivity contribution in [1.29, 1.82) is 0 Å². The predicted molar refractivity (Wildman–Crippen MR) is 148 cm³/mol. The van der Waals surface area contributed by atoms with Gasteiger partial charge >= 0.3 is 0 Å². The summed E-state index contributed by atoms with van der Waals surface area (Å²) in [5.41, 5.74) is 4.48. The van der Waals surface area contributed by atoms with Crippen molar-refractivity contribution in [2.24, 2.45) is 0 Å². The van der Waals surface area contributed by atoms with E-state index < -0.39 is 0 Å². The molecule has 0 bridgehead atoms. The largest absolute Gasteiger partial charge is 0.489 e. The Hall–Kier alpha value is -4.35. The number of benzene rings is 4. The molecule has 0 aliphatic carbocycles. The van der Waals surface area contributed by atoms with Crippen molar-refractivity contribution in [2.45, 2.75) is 19.3 Å². The number of ether oxygens (including phenoxy) is 2. The lowest BCUT2D eigenvalue weighted by molar-refractivity contribution is 0.0976. The van der Waals surface area contributed by atoms with Gasteiger partial charge in [0.1, 0.15) is 24.7 Å². The van der Waals surface area contributed by atoms with E-state index in [2.05, 4.69) is 17.5 Å². The van der Waals surface area contributed by atoms with Crippen molar-refractivity contribution < 1.29 is 14.3 Å². The maximum absolute atomic E-state index is 14.1. The topological polar surface area (TPSA) is 50.8 Å². The number of nitrogens with one attached hydrogen (secondary N) is 1. The third-order valence-electron chi connectivity index (χ3n) is 6.33. The number of likely N-dealkylation sites (N-methyl/N-ethyl adjacent to an activating group) is 1. The lowest BCUT2D eigenvalue weighted by Gasteiger charge is -2.34. The number of para-hydroxylation sites is 1. The van der Waals surface area contributed by atoms with Crippen LogP contribution >= 0.6 is 0 Å². The molecule has 5 heteroatoms. The molecule has 4 aromatic rings. The van der Waals surface area contributed by atoms with Gasteiger partial charge in [-0.2, -0.15) is 0 Å². The zero-order valence-electron chi connectivity index (χ0n) is 20.8. The molecule has 5 nitrogen and oxygen atoms in total. The average molecular weight is 491 g/mol. The molecule has 0 aromatic heterocycles. The third kappa shape index (κ3) is 5.74. The maximum Gasteiger partial charge on any atom is 0.262 e. The van der Waals surface area contributed by atoms with Crippen molar-refractivity contribution in [1.82, 2.24) is 5.32 Å². The Kier molecular flexibility index (Phi) is 7.63. The Balaban J connectivity index is 1.47. The lowest BCUT2D eigenvalue weighted by atomic mass is 10.0. The van der Waals surface area contributed by atoms with Crippen LogP contribution in [-0.2, 0) is 13.2 Å². The Labute approximate surface area is 218 Å². The van der Waals surface area contributed by atoms with Crippen LogP contribution in [0.2, 0.25) is 0 Å². The molecule has 4 aromatic carbocycles. The highest BCUT2D eigenvalue weighted by Crippen LogP contribution is 2.34. The molecular formula is C32H30N2O3. The van der Waals surface area contributed by atoms with Gasteiger partial charge in [-0.05, 0) is 41.9 Å². The average Bonchev–Trinajstić information content (AvgIpc) is 2.96. The first-order valence-electron chi connectivity index (χ1n) is 12.5. The van der Waals surface area contributed by atoms with Crippen LogP contribution in [0, 0.1) is 0 Å². The molecule has 1 heterocycles. The summed E-state index contributed by atoms with van der Waals surface area (Å²) in [6, 6.07) is 33.2. The summed E-state index contributed by atoms with van der Waals surface area (Å²) in [5.74, 6) is 1.03. The highest BCUT2D eigenvalue weighted by molar-refractivity contribution is 6.10. The SMILES string of the molecule is CNCC1C=Cc2ccccc2N1C(=O)c1ccc(OCc2ccccc2)cc1OCc1ccccc1. The standard InChI is InChI=1S/C32H30N2O3/c1-33-21-27-17-16-26-14-8-9-15-30(26)34(27)32(35)29-19-18-28(36-22-24-10-4-2-5-11-24)20-31(29)37-23-25-12-6-3-7-13-25/h2-20,27,33H,21-23H2,1H3. The van der Waals surface area contributed by atoms with Gasteiger partial charge < -0.3 is 14.8 Å². The quantitative estimate of drug-likeness (QED) is 0.308. The minimum absolute atomic E-state index is 0.116. The van der Waals surface area contributed by atoms with E-state index >= 15 is 0 Å². The normalized spacial score (nSPS) is 14.2. The van der Waals surface area contributed by atoms with Gasteiger partial charge in [0.2, 0.25) is 0 Å². The van der Waals surface area contributed by atoms with Gasteiger partial charge in [-0.3, -0.25) is 9.69 Å². The molecular weight excluding hydrogens is 460 g/mol. The highest BCUT2D eigenvalue weighted by atomic mass is 16.5. The first-order valence-corrected chi connectivity index (χ1v) is 12.5. The molecule has 1 N–H and O–H groups in total. The zero-order valence-corrected chi connectivity index (χ0v) is 20.8. The molecule has 1 unspecified atom stereocenters. The second-order valence-corrected chi connectivity index (χ2v) is 8.92. The minimum Gasteiger partial charge on any atom is -0.489 e. The molecule has 186 valence electrons. The fourth-order valence-electron chi connectivity index (χ4n) is 4.45. The summed E-state index contributed by atoms with van der Waals surface area (Å²) >= 11 is 0. The maximum atomic E-state index is 14.1. The van der Waals surface area contributed by atoms with Gasteiger partial charge in [-0.1, -0.05) is 91.0 Å². The fourth-order valence-corrected chi connectivity index (χ4v) is 4.45. The molecule has 1 aliphatic rings. The van der Waals surface area contributed by atoms with Crippen molar-refractivity contribution in [3.63, 3.8) is 0 Å². The summed E-state index contributed by atoms with van der Waals surface area (Å²) in [4.78, 5) is 16.0. The van der Waals surface area contributed by atoms with Crippen LogP contribution in [-0.4, -0.2) is 25.5 Å². The van der Waals surface area contributed by atoms with Crippen molar-refractivity contribution in [3.05, 3.63) is 131 Å². The molecule has 0 fully saturated rings. The second-order valence-electron chi connectivity index (χ2n) is 8.92. The summed E-state index contributed by atoms with van der Waals surface area (Å²) < 4.78 is 12.3. The van der Waals surface area contributed by atoms with E-state index in [0.29, 0.717) is 36.8 Å². The van der Waals surface area contributed by atoms with E-state index in [4.69, 9.17) is 9.47 Å². The first-order chi connectivity index (χ1) is 18.2. The summed E-state index contributed by atoms with van der Waals surface area (Å²) in [7, 11) is 1.89. The van der Waals surface area contributed by atoms with Gasteiger partial charge in [0.15, 0.2) is 0 Å². The molecule has 1 amide bonds. The highest BCUT2D eigenvalue weighted by Gasteiger charge is 2.30. The lowest BCUT2D eigenvalue weighted by Crippen LogP contribution is -2.46. The van der Waals surface area contributed by atoms with E-state index in [1.807, 2.05) is 109 Å². The van der Waals surface area contributed by atoms with Crippen LogP contribution in [0.4, 0.5) is 5.69 Å². The molecule has 0 spiro atoms. The fraction of sp³-hybridized carbons (Fsp3) is 0.156. The molecule has 1 atom stereocenters. The summed E-state index contributed by atoms with van der Waals surface area (Å²) in [6.07, 6.45) is 4.15. The Morgan fingerprint density at radius 3 is 2.16 bits per heavy atom. The van der Waals surface area contributed by atoms with Crippen molar-refractivity contribution >= 4 is 17.7 Å². The van der Waals surface area contributed by atoms with E-state index in [1.54, 1.807) is 6.07 Å².